The lowest BCUT2D eigenvalue weighted by molar-refractivity contribution is -0.122. The molecule has 1 N–H and O–H groups in total. The molecule has 0 saturated carbocycles. The smallest absolute Gasteiger partial charge is 0.220 e. The number of hydrogen-bond acceptors (Lipinski definition) is 3. The van der Waals surface area contributed by atoms with Gasteiger partial charge in [0.1, 0.15) is 0 Å². The fraction of sp³-hybridized carbons (Fsp3) is 0.933. The highest BCUT2D eigenvalue weighted by Crippen LogP contribution is 2.13. The van der Waals surface area contributed by atoms with Crippen LogP contribution < -0.4 is 5.32 Å². The summed E-state index contributed by atoms with van der Waals surface area (Å²) in [7, 11) is 0. The summed E-state index contributed by atoms with van der Waals surface area (Å²) in [6, 6.07) is 0.444. The van der Waals surface area contributed by atoms with Crippen LogP contribution in [0, 0.1) is 11.8 Å². The average molecular weight is 270 g/mol. The van der Waals surface area contributed by atoms with E-state index in [4.69, 9.17) is 4.74 Å². The van der Waals surface area contributed by atoms with Gasteiger partial charge in [0.25, 0.3) is 0 Å². The van der Waals surface area contributed by atoms with E-state index in [1.54, 1.807) is 0 Å². The third-order valence-electron chi connectivity index (χ3n) is 3.43. The van der Waals surface area contributed by atoms with Gasteiger partial charge in [0, 0.05) is 32.1 Å². The molecule has 0 aromatic rings. The molecule has 1 fully saturated rings. The molecule has 1 unspecified atom stereocenters. The number of nitrogens with zero attached hydrogens (tertiary/aromatic N) is 1. The molecule has 0 spiro atoms. The molecule has 0 aliphatic carbocycles. The van der Waals surface area contributed by atoms with E-state index >= 15 is 0 Å². The highest BCUT2D eigenvalue weighted by molar-refractivity contribution is 5.76. The Morgan fingerprint density at radius 1 is 1.16 bits per heavy atom. The number of carbonyl (C=O) groups excluding carboxylic acids is 1. The topological polar surface area (TPSA) is 41.6 Å². The van der Waals surface area contributed by atoms with Crippen LogP contribution in [0.4, 0.5) is 0 Å². The van der Waals surface area contributed by atoms with Gasteiger partial charge >= 0.3 is 0 Å². The van der Waals surface area contributed by atoms with Crippen molar-refractivity contribution in [1.29, 1.82) is 0 Å². The number of hydrogen-bond donors (Lipinski definition) is 1. The van der Waals surface area contributed by atoms with Gasteiger partial charge in [-0.2, -0.15) is 0 Å². The Labute approximate surface area is 117 Å². The number of nitrogens with one attached hydrogen (secondary N) is 1. The van der Waals surface area contributed by atoms with Crippen LogP contribution in [0.1, 0.15) is 40.5 Å². The van der Waals surface area contributed by atoms with Crippen LogP contribution >= 0.6 is 0 Å². The Bertz CT molecular complexity index is 261. The second kappa shape index (κ2) is 8.54. The second-order valence-corrected chi connectivity index (χ2v) is 6.33. The first-order valence-corrected chi connectivity index (χ1v) is 7.57. The highest BCUT2D eigenvalue weighted by Gasteiger charge is 2.22. The van der Waals surface area contributed by atoms with Crippen molar-refractivity contribution >= 4 is 5.91 Å². The van der Waals surface area contributed by atoms with Crippen molar-refractivity contribution in [2.45, 2.75) is 46.6 Å². The molecule has 112 valence electrons. The summed E-state index contributed by atoms with van der Waals surface area (Å²) in [5, 5.41) is 3.10. The molecule has 0 aromatic carbocycles. The van der Waals surface area contributed by atoms with Gasteiger partial charge in [-0.3, -0.25) is 9.69 Å². The summed E-state index contributed by atoms with van der Waals surface area (Å²) in [6.07, 6.45) is 1.75. The van der Waals surface area contributed by atoms with Gasteiger partial charge in [0.05, 0.1) is 13.2 Å². The maximum Gasteiger partial charge on any atom is 0.220 e. The first-order valence-electron chi connectivity index (χ1n) is 7.57. The number of morpholine rings is 1. The number of ether oxygens (including phenoxy) is 1. The van der Waals surface area contributed by atoms with Crippen LogP contribution in [0.3, 0.4) is 0 Å². The molecular formula is C15H30N2O2. The van der Waals surface area contributed by atoms with Crippen LogP contribution in [0.2, 0.25) is 0 Å². The predicted octanol–water partition coefficient (Wildman–Crippen LogP) is 1.90. The Kier molecular flexibility index (Phi) is 7.39. The van der Waals surface area contributed by atoms with Crippen LogP contribution in [0.25, 0.3) is 0 Å². The second-order valence-electron chi connectivity index (χ2n) is 6.33. The van der Waals surface area contributed by atoms with Gasteiger partial charge in [-0.05, 0) is 18.3 Å². The van der Waals surface area contributed by atoms with E-state index < -0.39 is 0 Å². The normalized spacial score (nSPS) is 18.8. The Balaban J connectivity index is 2.42. The van der Waals surface area contributed by atoms with Gasteiger partial charge in [-0.25, -0.2) is 0 Å². The van der Waals surface area contributed by atoms with Crippen molar-refractivity contribution in [2.75, 3.05) is 32.8 Å². The van der Waals surface area contributed by atoms with Gasteiger partial charge in [-0.15, -0.1) is 0 Å². The van der Waals surface area contributed by atoms with Gasteiger partial charge in [0.2, 0.25) is 5.91 Å². The number of amides is 1. The molecule has 19 heavy (non-hydrogen) atoms. The average Bonchev–Trinajstić information content (AvgIpc) is 2.34. The van der Waals surface area contributed by atoms with E-state index in [0.29, 0.717) is 24.3 Å². The van der Waals surface area contributed by atoms with E-state index in [-0.39, 0.29) is 5.91 Å². The van der Waals surface area contributed by atoms with Gasteiger partial charge < -0.3 is 10.1 Å². The van der Waals surface area contributed by atoms with Crippen LogP contribution in [0.15, 0.2) is 0 Å². The largest absolute Gasteiger partial charge is 0.379 e. The molecule has 4 nitrogen and oxygen atoms in total. The zero-order chi connectivity index (χ0) is 14.3. The third kappa shape index (κ3) is 6.92. The minimum absolute atomic E-state index is 0.178. The summed E-state index contributed by atoms with van der Waals surface area (Å²) >= 11 is 0. The predicted molar refractivity (Wildman–Crippen MR) is 78.1 cm³/mol. The summed E-state index contributed by atoms with van der Waals surface area (Å²) < 4.78 is 5.40. The Morgan fingerprint density at radius 2 is 1.79 bits per heavy atom. The highest BCUT2D eigenvalue weighted by atomic mass is 16.5. The zero-order valence-electron chi connectivity index (χ0n) is 12.9. The van der Waals surface area contributed by atoms with Gasteiger partial charge in [0.15, 0.2) is 0 Å². The van der Waals surface area contributed by atoms with Crippen molar-refractivity contribution < 1.29 is 9.53 Å². The molecule has 1 aliphatic rings. The fourth-order valence-corrected chi connectivity index (χ4v) is 2.52. The summed E-state index contributed by atoms with van der Waals surface area (Å²) in [4.78, 5) is 14.2. The van der Waals surface area contributed by atoms with Crippen molar-refractivity contribution in [3.63, 3.8) is 0 Å². The molecule has 1 saturated heterocycles. The first-order chi connectivity index (χ1) is 8.99. The molecule has 0 aromatic heterocycles. The minimum atomic E-state index is 0.178. The standard InChI is InChI=1S/C15H30N2O2/c1-12(2)9-14(17-5-7-19-8-6-17)11-16-15(18)10-13(3)4/h12-14H,5-11H2,1-4H3,(H,16,18). The summed E-state index contributed by atoms with van der Waals surface area (Å²) in [5.41, 5.74) is 0. The van der Waals surface area contributed by atoms with Crippen molar-refractivity contribution in [2.24, 2.45) is 11.8 Å². The van der Waals surface area contributed by atoms with Crippen LogP contribution in [0.5, 0.6) is 0 Å². The molecule has 1 aliphatic heterocycles. The molecule has 4 heteroatoms. The fourth-order valence-electron chi connectivity index (χ4n) is 2.52. The lowest BCUT2D eigenvalue weighted by atomic mass is 10.0. The van der Waals surface area contributed by atoms with Crippen molar-refractivity contribution in [3.05, 3.63) is 0 Å². The Morgan fingerprint density at radius 3 is 2.32 bits per heavy atom. The van der Waals surface area contributed by atoms with E-state index in [1.807, 2.05) is 0 Å². The third-order valence-corrected chi connectivity index (χ3v) is 3.43. The molecule has 1 heterocycles. The van der Waals surface area contributed by atoms with E-state index in [2.05, 4.69) is 37.9 Å². The molecule has 1 amide bonds. The summed E-state index contributed by atoms with van der Waals surface area (Å²) in [5.74, 6) is 1.25. The Hall–Kier alpha value is -0.610. The van der Waals surface area contributed by atoms with Crippen LogP contribution in [-0.2, 0) is 9.53 Å². The summed E-state index contributed by atoms with van der Waals surface area (Å²) in [6.45, 7) is 13.0. The zero-order valence-corrected chi connectivity index (χ0v) is 12.9. The quantitative estimate of drug-likeness (QED) is 0.768. The van der Waals surface area contributed by atoms with E-state index in [0.717, 1.165) is 39.3 Å². The maximum atomic E-state index is 11.8. The first kappa shape index (κ1) is 16.4. The lowest BCUT2D eigenvalue weighted by Crippen LogP contribution is -2.49. The maximum absolute atomic E-state index is 11.8. The van der Waals surface area contributed by atoms with E-state index in [9.17, 15) is 4.79 Å². The molecule has 0 bridgehead atoms. The minimum Gasteiger partial charge on any atom is -0.379 e. The lowest BCUT2D eigenvalue weighted by Gasteiger charge is -2.35. The number of carbonyl (C=O) groups is 1. The SMILES string of the molecule is CC(C)CC(=O)NCC(CC(C)C)N1CCOCC1. The molecule has 0 radical (unpaired) electrons. The van der Waals surface area contributed by atoms with Crippen molar-refractivity contribution in [1.82, 2.24) is 10.2 Å². The van der Waals surface area contributed by atoms with Gasteiger partial charge in [-0.1, -0.05) is 27.7 Å². The molecular weight excluding hydrogens is 240 g/mol. The molecule has 1 rings (SSSR count). The van der Waals surface area contributed by atoms with Crippen molar-refractivity contribution in [3.8, 4) is 0 Å². The van der Waals surface area contributed by atoms with E-state index in [1.165, 1.54) is 0 Å². The monoisotopic (exact) mass is 270 g/mol. The number of rotatable bonds is 7. The van der Waals surface area contributed by atoms with Crippen LogP contribution in [-0.4, -0.2) is 49.7 Å². The molecule has 1 atom stereocenters.